The van der Waals surface area contributed by atoms with Gasteiger partial charge in [-0.3, -0.25) is 33.7 Å². The fourth-order valence-corrected chi connectivity index (χ4v) is 10.9. The lowest BCUT2D eigenvalue weighted by atomic mass is 9.96. The lowest BCUT2D eigenvalue weighted by Gasteiger charge is -2.27. The van der Waals surface area contributed by atoms with Gasteiger partial charge < -0.3 is 74.1 Å². The van der Waals surface area contributed by atoms with Gasteiger partial charge in [-0.15, -0.1) is 0 Å². The molecule has 0 saturated carbocycles. The first kappa shape index (κ1) is 58.0. The number of carbonyl (C=O) groups excluding carboxylic acids is 2. The Balaban J connectivity index is 0.000000202. The number of hydrogen-bond acceptors (Lipinski definition) is 22. The topological polar surface area (TPSA) is 412 Å². The number of rotatable bonds is 16. The van der Waals surface area contributed by atoms with Gasteiger partial charge in [0.15, 0.2) is 23.8 Å². The Bertz CT molecular complexity index is 3160. The van der Waals surface area contributed by atoms with Gasteiger partial charge in [-0.1, -0.05) is 36.4 Å². The van der Waals surface area contributed by atoms with Gasteiger partial charge in [0.1, 0.15) is 59.2 Å². The second-order valence-electron chi connectivity index (χ2n) is 17.2. The minimum atomic E-state index is -4.22. The Hall–Kier alpha value is -6.23. The van der Waals surface area contributed by atoms with Crippen LogP contribution in [-0.2, 0) is 42.2 Å². The number of nitrogens with one attached hydrogen (secondary N) is 4. The maximum absolute atomic E-state index is 13.6. The van der Waals surface area contributed by atoms with E-state index in [1.165, 1.54) is 75.6 Å². The lowest BCUT2D eigenvalue weighted by molar-refractivity contribution is -0.143. The molecule has 12 atom stereocenters. The lowest BCUT2D eigenvalue weighted by Crippen LogP contribution is -2.44. The molecule has 0 radical (unpaired) electrons. The van der Waals surface area contributed by atoms with E-state index in [0.717, 1.165) is 0 Å². The summed E-state index contributed by atoms with van der Waals surface area (Å²) in [6.07, 6.45) is -4.15. The van der Waals surface area contributed by atoms with E-state index in [9.17, 15) is 53.8 Å². The van der Waals surface area contributed by atoms with Gasteiger partial charge in [0, 0.05) is 23.6 Å². The van der Waals surface area contributed by atoms with Gasteiger partial charge in [0.05, 0.1) is 38.2 Å². The van der Waals surface area contributed by atoms with Crippen LogP contribution in [0.15, 0.2) is 94.8 Å². The number of nitrogens with zero attached hydrogens (tertiary/aromatic N) is 4. The third kappa shape index (κ3) is 13.4. The normalized spacial score (nSPS) is 25.6. The summed E-state index contributed by atoms with van der Waals surface area (Å²) < 4.78 is 64.9. The van der Waals surface area contributed by atoms with Gasteiger partial charge in [-0.2, -0.15) is 15.1 Å². The van der Waals surface area contributed by atoms with E-state index in [4.69, 9.17) is 45.8 Å². The van der Waals surface area contributed by atoms with E-state index >= 15 is 0 Å². The van der Waals surface area contributed by atoms with Crippen molar-refractivity contribution < 1.29 is 76.8 Å². The average molecular weight is 1110 g/mol. The van der Waals surface area contributed by atoms with Crippen molar-refractivity contribution in [1.82, 2.24) is 39.2 Å². The van der Waals surface area contributed by atoms with Crippen molar-refractivity contribution in [3.05, 3.63) is 106 Å². The number of anilines is 2. The number of halogens is 1. The molecular formula is C44H57ClN10O18P2. The molecule has 2 unspecified atom stereocenters. The number of hydrogen-bond donors (Lipinski definition) is 11. The van der Waals surface area contributed by atoms with E-state index in [-0.39, 0.29) is 39.7 Å². The van der Waals surface area contributed by atoms with Crippen molar-refractivity contribution in [2.75, 3.05) is 38.9 Å². The number of aromatic nitrogens is 6. The number of aromatic amines is 2. The third-order valence-corrected chi connectivity index (χ3v) is 14.8. The van der Waals surface area contributed by atoms with E-state index in [1.807, 2.05) is 0 Å². The van der Waals surface area contributed by atoms with Crippen LogP contribution in [0.1, 0.15) is 40.2 Å². The predicted octanol–water partition coefficient (Wildman–Crippen LogP) is 1.54. The minimum absolute atomic E-state index is 0.0654. The van der Waals surface area contributed by atoms with E-state index in [1.54, 1.807) is 60.7 Å². The average Bonchev–Trinajstić information content (AvgIpc) is 4.09. The summed E-state index contributed by atoms with van der Waals surface area (Å²) in [6, 6.07) is 17.7. The molecule has 0 spiro atoms. The highest BCUT2D eigenvalue weighted by atomic mass is 35.7. The summed E-state index contributed by atoms with van der Waals surface area (Å²) in [7, 11) is -1.81. The van der Waals surface area contributed by atoms with Crippen molar-refractivity contribution >= 4 is 71.8 Å². The van der Waals surface area contributed by atoms with Gasteiger partial charge in [-0.25, -0.2) is 14.2 Å². The molecule has 13 N–H and O–H groups in total. The zero-order chi connectivity index (χ0) is 55.2. The molecule has 31 heteroatoms. The minimum Gasteiger partial charge on any atom is -0.468 e. The van der Waals surface area contributed by atoms with Gasteiger partial charge in [0.2, 0.25) is 11.9 Å². The van der Waals surface area contributed by atoms with Gasteiger partial charge in [0.25, 0.3) is 11.1 Å². The Morgan fingerprint density at radius 2 is 1.16 bits per heavy atom. The number of nitrogen functional groups attached to an aromatic ring is 2. The number of ether oxygens (including phenoxy) is 4. The summed E-state index contributed by atoms with van der Waals surface area (Å²) in [4.78, 5) is 59.9. The number of para-hydroxylation sites is 2. The summed E-state index contributed by atoms with van der Waals surface area (Å²) in [5.74, 6) is -0.926. The van der Waals surface area contributed by atoms with E-state index in [2.05, 4.69) is 39.6 Å². The quantitative estimate of drug-likeness (QED) is 0.0484. The first-order valence-electron chi connectivity index (χ1n) is 22.5. The molecule has 2 aromatic carbocycles. The van der Waals surface area contributed by atoms with Crippen LogP contribution >= 0.6 is 25.9 Å². The summed E-state index contributed by atoms with van der Waals surface area (Å²) in [6.45, 7) is 1.06. The fourth-order valence-electron chi connectivity index (χ4n) is 7.72. The van der Waals surface area contributed by atoms with Crippen LogP contribution in [-0.4, -0.2) is 142 Å². The first-order valence-corrected chi connectivity index (χ1v) is 26.5. The largest absolute Gasteiger partial charge is 0.468 e. The van der Waals surface area contributed by atoms with Crippen LogP contribution in [0.3, 0.4) is 0 Å². The van der Waals surface area contributed by atoms with Crippen LogP contribution < -0.4 is 41.8 Å². The highest BCUT2D eigenvalue weighted by Crippen LogP contribution is 2.49. The number of aliphatic hydroxyl groups excluding tert-OH is 3. The zero-order valence-electron chi connectivity index (χ0n) is 40.9. The SMILES string of the molecule is COC(=O)[C@H](C)NP(=O)(Cl)Oc1ccccc1.COC(=O)[C@H](C)NP(=O)(OC[C@H]1O[C@@H](n2ccc3c(=O)[nH]c(N)nc32)[C@](C)(O)[C@@H]1O)Oc1ccccc1.C[C@@]1(O)[C@H](O)[C@@H](CO)O[C@H]1n1ccc2c(=O)[nH]c(N)nc21. The molecule has 408 valence electrons. The Kier molecular flexibility index (Phi) is 18.4. The number of aliphatic hydroxyl groups is 5. The van der Waals surface area contributed by atoms with Crippen LogP contribution in [0.25, 0.3) is 22.1 Å². The molecule has 2 fully saturated rings. The smallest absolute Gasteiger partial charge is 0.459 e. The second kappa shape index (κ2) is 23.8. The van der Waals surface area contributed by atoms with Crippen LogP contribution in [0, 0.1) is 0 Å². The number of H-pyrrole nitrogens is 2. The first-order chi connectivity index (χ1) is 35.2. The molecule has 0 aliphatic carbocycles. The molecule has 2 aliphatic rings. The molecule has 6 aromatic rings. The molecule has 28 nitrogen and oxygen atoms in total. The standard InChI is InChI=1S/C22H28N5O9P.C12H16N4O5.C10H13ClNO4P/c1-12(19(30)33-3)26-37(32,36-13-7-5-4-6-8-13)34-11-15-16(28)22(2,31)20(35-15)27-10-9-14-17(27)24-21(23)25-18(14)29;1-12(20)7(18)6(4-17)21-10(12)16-3-2-5-8(16)14-11(13)15-9(5)19;1-8(10(13)15-2)12-17(11,14)16-9-6-4-3-5-7-9/h4-10,12,15-16,20,28,31H,11H2,1-3H3,(H,26,32)(H3,23,24,25,29);2-3,6-7,10,17-18,20H,4H2,1H3,(H3,13,14,15,19);3-8H,1-2H3,(H,12,14)/t12-,15+,16+,20+,22+,37?;6-,7-,10-,12-;8-,17?/m010/s1. The third-order valence-electron chi connectivity index (χ3n) is 11.5. The Morgan fingerprint density at radius 1 is 0.747 bits per heavy atom. The number of methoxy groups -OCH3 is 2. The highest BCUT2D eigenvalue weighted by molar-refractivity contribution is 7.84. The molecule has 0 bridgehead atoms. The van der Waals surface area contributed by atoms with Crippen LogP contribution in [0.4, 0.5) is 11.9 Å². The number of nitrogens with two attached hydrogens (primary N) is 2. The molecular weight excluding hydrogens is 1050 g/mol. The molecule has 4 aromatic heterocycles. The molecule has 0 amide bonds. The molecule has 2 saturated heterocycles. The number of benzene rings is 2. The van der Waals surface area contributed by atoms with E-state index < -0.39 is 111 Å². The summed E-state index contributed by atoms with van der Waals surface area (Å²) >= 11 is 5.68. The second-order valence-corrected chi connectivity index (χ2v) is 21.7. The van der Waals surface area contributed by atoms with Crippen molar-refractivity contribution in [2.24, 2.45) is 0 Å². The zero-order valence-corrected chi connectivity index (χ0v) is 43.4. The Morgan fingerprint density at radius 3 is 1.59 bits per heavy atom. The summed E-state index contributed by atoms with van der Waals surface area (Å²) in [5.41, 5.74) is 7.13. The van der Waals surface area contributed by atoms with Crippen molar-refractivity contribution in [3.63, 3.8) is 0 Å². The van der Waals surface area contributed by atoms with Crippen molar-refractivity contribution in [3.8, 4) is 11.5 Å². The fraction of sp³-hybridized carbons (Fsp3) is 0.409. The Labute approximate surface area is 430 Å². The van der Waals surface area contributed by atoms with Crippen LogP contribution in [0.2, 0.25) is 0 Å². The highest BCUT2D eigenvalue weighted by Gasteiger charge is 2.55. The molecule has 8 rings (SSSR count). The molecule has 2 aliphatic heterocycles. The van der Waals surface area contributed by atoms with Gasteiger partial charge >= 0.3 is 26.6 Å². The van der Waals surface area contributed by atoms with Crippen molar-refractivity contribution in [2.45, 2.75) is 87.9 Å². The maximum Gasteiger partial charge on any atom is 0.459 e. The summed E-state index contributed by atoms with van der Waals surface area (Å²) in [5, 5.41) is 57.0. The number of fused-ring (bicyclic) bond motifs is 2. The number of carbonyl (C=O) groups is 2. The van der Waals surface area contributed by atoms with Crippen LogP contribution in [0.5, 0.6) is 11.5 Å². The van der Waals surface area contributed by atoms with E-state index in [0.29, 0.717) is 5.75 Å². The number of esters is 2. The van der Waals surface area contributed by atoms with Crippen molar-refractivity contribution in [1.29, 1.82) is 0 Å². The monoisotopic (exact) mass is 1110 g/mol. The maximum atomic E-state index is 13.6. The van der Waals surface area contributed by atoms with Gasteiger partial charge in [-0.05, 0) is 64.1 Å². The molecule has 6 heterocycles. The molecule has 75 heavy (non-hydrogen) atoms. The predicted molar refractivity (Wildman–Crippen MR) is 268 cm³/mol.